The molecule has 20 heavy (non-hydrogen) atoms. The number of nitrogens with one attached hydrogen (secondary N) is 1. The van der Waals surface area contributed by atoms with Gasteiger partial charge in [-0.1, -0.05) is 12.1 Å². The van der Waals surface area contributed by atoms with Crippen molar-refractivity contribution in [3.8, 4) is 0 Å². The molecule has 2 heterocycles. The molecule has 0 radical (unpaired) electrons. The minimum Gasteiger partial charge on any atom is -0.377 e. The zero-order valence-corrected chi connectivity index (χ0v) is 12.0. The molecule has 3 rings (SSSR count). The van der Waals surface area contributed by atoms with Crippen molar-refractivity contribution in [2.24, 2.45) is 0 Å². The minimum absolute atomic E-state index is 0.308. The van der Waals surface area contributed by atoms with Crippen LogP contribution in [0, 0.1) is 6.92 Å². The van der Waals surface area contributed by atoms with Gasteiger partial charge in [0.25, 0.3) is 0 Å². The first-order valence-corrected chi connectivity index (χ1v) is 7.02. The number of rotatable bonds is 3. The number of benzene rings is 1. The summed E-state index contributed by atoms with van der Waals surface area (Å²) < 4.78 is 5.58. The molecule has 1 aromatic carbocycles. The van der Waals surface area contributed by atoms with E-state index in [2.05, 4.69) is 15.2 Å². The third-order valence-electron chi connectivity index (χ3n) is 3.66. The Morgan fingerprint density at radius 3 is 2.80 bits per heavy atom. The molecule has 0 amide bonds. The third-order valence-corrected chi connectivity index (χ3v) is 3.66. The van der Waals surface area contributed by atoms with Crippen LogP contribution in [0.4, 0.5) is 5.82 Å². The SMILES string of the molecule is CNCC1COCCN1c1nc2ccccc2nc1C. The molecule has 1 aliphatic heterocycles. The zero-order valence-electron chi connectivity index (χ0n) is 12.0. The van der Waals surface area contributed by atoms with E-state index in [1.807, 2.05) is 38.2 Å². The molecule has 0 spiro atoms. The van der Waals surface area contributed by atoms with Crippen molar-refractivity contribution in [2.75, 3.05) is 38.3 Å². The van der Waals surface area contributed by atoms with Gasteiger partial charge in [-0.2, -0.15) is 0 Å². The predicted octanol–water partition coefficient (Wildman–Crippen LogP) is 1.36. The third kappa shape index (κ3) is 2.46. The van der Waals surface area contributed by atoms with E-state index in [4.69, 9.17) is 9.72 Å². The van der Waals surface area contributed by atoms with Gasteiger partial charge in [0.05, 0.1) is 36.0 Å². The maximum absolute atomic E-state index is 5.58. The van der Waals surface area contributed by atoms with E-state index < -0.39 is 0 Å². The van der Waals surface area contributed by atoms with Crippen LogP contribution in [0.1, 0.15) is 5.69 Å². The number of anilines is 1. The Bertz CT molecular complexity index is 599. The minimum atomic E-state index is 0.308. The number of hydrogen-bond donors (Lipinski definition) is 1. The van der Waals surface area contributed by atoms with Gasteiger partial charge in [0, 0.05) is 13.1 Å². The van der Waals surface area contributed by atoms with Crippen LogP contribution in [-0.2, 0) is 4.74 Å². The predicted molar refractivity (Wildman–Crippen MR) is 80.2 cm³/mol. The number of nitrogens with zero attached hydrogens (tertiary/aromatic N) is 3. The highest BCUT2D eigenvalue weighted by Gasteiger charge is 2.25. The van der Waals surface area contributed by atoms with Gasteiger partial charge in [-0.05, 0) is 26.1 Å². The standard InChI is InChI=1S/C15H20N4O/c1-11-15(18-14-6-4-3-5-13(14)17-11)19-7-8-20-10-12(19)9-16-2/h3-6,12,16H,7-10H2,1-2H3. The lowest BCUT2D eigenvalue weighted by Gasteiger charge is -2.37. The van der Waals surface area contributed by atoms with Gasteiger partial charge in [-0.15, -0.1) is 0 Å². The summed E-state index contributed by atoms with van der Waals surface area (Å²) in [6.45, 7) is 5.25. The van der Waals surface area contributed by atoms with E-state index in [0.29, 0.717) is 6.04 Å². The number of fused-ring (bicyclic) bond motifs is 1. The Balaban J connectivity index is 2.00. The van der Waals surface area contributed by atoms with Crippen LogP contribution in [0.3, 0.4) is 0 Å². The van der Waals surface area contributed by atoms with E-state index in [1.54, 1.807) is 0 Å². The van der Waals surface area contributed by atoms with Crippen molar-refractivity contribution >= 4 is 16.9 Å². The zero-order chi connectivity index (χ0) is 13.9. The van der Waals surface area contributed by atoms with Crippen LogP contribution < -0.4 is 10.2 Å². The molecule has 1 aliphatic rings. The first-order valence-electron chi connectivity index (χ1n) is 7.02. The Labute approximate surface area is 119 Å². The molecular weight excluding hydrogens is 252 g/mol. The summed E-state index contributed by atoms with van der Waals surface area (Å²) in [5, 5.41) is 3.22. The maximum atomic E-state index is 5.58. The van der Waals surface area contributed by atoms with Crippen LogP contribution in [0.5, 0.6) is 0 Å². The number of aromatic nitrogens is 2. The first kappa shape index (κ1) is 13.3. The summed E-state index contributed by atoms with van der Waals surface area (Å²) in [6.07, 6.45) is 0. The quantitative estimate of drug-likeness (QED) is 0.914. The van der Waals surface area contributed by atoms with E-state index in [0.717, 1.165) is 48.8 Å². The fourth-order valence-corrected chi connectivity index (χ4v) is 2.69. The van der Waals surface area contributed by atoms with Crippen molar-refractivity contribution in [1.82, 2.24) is 15.3 Å². The lowest BCUT2D eigenvalue weighted by molar-refractivity contribution is 0.0938. The highest BCUT2D eigenvalue weighted by Crippen LogP contribution is 2.23. The van der Waals surface area contributed by atoms with Gasteiger partial charge in [0.2, 0.25) is 0 Å². The van der Waals surface area contributed by atoms with Crippen molar-refractivity contribution < 1.29 is 4.74 Å². The van der Waals surface area contributed by atoms with Crippen molar-refractivity contribution in [1.29, 1.82) is 0 Å². The van der Waals surface area contributed by atoms with Crippen molar-refractivity contribution in [2.45, 2.75) is 13.0 Å². The van der Waals surface area contributed by atoms with E-state index in [9.17, 15) is 0 Å². The van der Waals surface area contributed by atoms with Crippen LogP contribution in [0.15, 0.2) is 24.3 Å². The summed E-state index contributed by atoms with van der Waals surface area (Å²) in [7, 11) is 1.96. The molecule has 0 bridgehead atoms. The average molecular weight is 272 g/mol. The van der Waals surface area contributed by atoms with Gasteiger partial charge in [0.15, 0.2) is 5.82 Å². The second-order valence-electron chi connectivity index (χ2n) is 5.10. The number of hydrogen-bond acceptors (Lipinski definition) is 5. The molecule has 106 valence electrons. The largest absolute Gasteiger partial charge is 0.377 e. The van der Waals surface area contributed by atoms with Gasteiger partial charge in [0.1, 0.15) is 0 Å². The molecule has 1 unspecified atom stereocenters. The van der Waals surface area contributed by atoms with E-state index in [1.165, 1.54) is 0 Å². The number of ether oxygens (including phenoxy) is 1. The number of para-hydroxylation sites is 2. The van der Waals surface area contributed by atoms with Gasteiger partial charge in [-0.25, -0.2) is 9.97 Å². The molecule has 1 saturated heterocycles. The second kappa shape index (κ2) is 5.73. The molecule has 0 aliphatic carbocycles. The summed E-state index contributed by atoms with van der Waals surface area (Å²) in [5.74, 6) is 0.979. The maximum Gasteiger partial charge on any atom is 0.151 e. The topological polar surface area (TPSA) is 50.3 Å². The van der Waals surface area contributed by atoms with Crippen molar-refractivity contribution in [3.63, 3.8) is 0 Å². The van der Waals surface area contributed by atoms with Crippen molar-refractivity contribution in [3.05, 3.63) is 30.0 Å². The fourth-order valence-electron chi connectivity index (χ4n) is 2.69. The monoisotopic (exact) mass is 272 g/mol. The Kier molecular flexibility index (Phi) is 3.80. The van der Waals surface area contributed by atoms with Crippen LogP contribution >= 0.6 is 0 Å². The van der Waals surface area contributed by atoms with Gasteiger partial charge < -0.3 is 15.0 Å². The second-order valence-corrected chi connectivity index (χ2v) is 5.10. The molecule has 0 saturated carbocycles. The molecule has 1 aromatic heterocycles. The summed E-state index contributed by atoms with van der Waals surface area (Å²) in [6, 6.07) is 8.32. The van der Waals surface area contributed by atoms with E-state index in [-0.39, 0.29) is 0 Å². The van der Waals surface area contributed by atoms with Crippen LogP contribution in [0.25, 0.3) is 11.0 Å². The fraction of sp³-hybridized carbons (Fsp3) is 0.467. The van der Waals surface area contributed by atoms with Crippen LogP contribution in [-0.4, -0.2) is 49.4 Å². The number of morpholine rings is 1. The highest BCUT2D eigenvalue weighted by molar-refractivity contribution is 5.76. The normalized spacial score (nSPS) is 19.5. The number of aryl methyl sites for hydroxylation is 1. The van der Waals surface area contributed by atoms with Gasteiger partial charge in [-0.3, -0.25) is 0 Å². The summed E-state index contributed by atoms with van der Waals surface area (Å²) in [5.41, 5.74) is 2.88. The summed E-state index contributed by atoms with van der Waals surface area (Å²) in [4.78, 5) is 11.8. The van der Waals surface area contributed by atoms with E-state index >= 15 is 0 Å². The van der Waals surface area contributed by atoms with Crippen LogP contribution in [0.2, 0.25) is 0 Å². The van der Waals surface area contributed by atoms with Gasteiger partial charge >= 0.3 is 0 Å². The lowest BCUT2D eigenvalue weighted by Crippen LogP contribution is -2.50. The lowest BCUT2D eigenvalue weighted by atomic mass is 10.2. The highest BCUT2D eigenvalue weighted by atomic mass is 16.5. The Morgan fingerprint density at radius 2 is 2.05 bits per heavy atom. The summed E-state index contributed by atoms with van der Waals surface area (Å²) >= 11 is 0. The molecule has 1 N–H and O–H groups in total. The molecule has 1 fully saturated rings. The molecule has 5 heteroatoms. The average Bonchev–Trinajstić information content (AvgIpc) is 2.48. The number of likely N-dealkylation sites (N-methyl/N-ethyl adjacent to an activating group) is 1. The molecule has 1 atom stereocenters. The Morgan fingerprint density at radius 1 is 1.30 bits per heavy atom. The Hall–Kier alpha value is -1.72. The molecule has 2 aromatic rings. The molecule has 5 nitrogen and oxygen atoms in total. The first-order chi connectivity index (χ1) is 9.79. The smallest absolute Gasteiger partial charge is 0.151 e. The molecular formula is C15H20N4O.